The Labute approximate surface area is 99.5 Å². The first-order valence-electron chi connectivity index (χ1n) is 5.48. The topological polar surface area (TPSA) is 35.2 Å². The van der Waals surface area contributed by atoms with Crippen LogP contribution in [0.4, 0.5) is 4.39 Å². The van der Waals surface area contributed by atoms with Gasteiger partial charge in [0.25, 0.3) is 0 Å². The monoisotopic (exact) mass is 243 g/mol. The van der Waals surface area contributed by atoms with Crippen LogP contribution in [-0.4, -0.2) is 18.8 Å². The van der Waals surface area contributed by atoms with Crippen molar-refractivity contribution in [1.29, 1.82) is 0 Å². The minimum Gasteiger partial charge on any atom is -0.377 e. The van der Waals surface area contributed by atoms with E-state index in [4.69, 9.17) is 22.1 Å². The minimum atomic E-state index is -0.279. The highest BCUT2D eigenvalue weighted by Crippen LogP contribution is 2.22. The second-order valence-electron chi connectivity index (χ2n) is 4.16. The van der Waals surface area contributed by atoms with Gasteiger partial charge in [-0.1, -0.05) is 11.6 Å². The first kappa shape index (κ1) is 11.8. The molecule has 0 aromatic heterocycles. The largest absolute Gasteiger partial charge is 0.377 e. The molecule has 4 heteroatoms. The Hall–Kier alpha value is -0.640. The fraction of sp³-hybridized carbons (Fsp3) is 0.500. The smallest absolute Gasteiger partial charge is 0.123 e. The summed E-state index contributed by atoms with van der Waals surface area (Å²) in [5, 5.41) is 0.565. The molecule has 1 aromatic rings. The van der Waals surface area contributed by atoms with Crippen LogP contribution in [0.15, 0.2) is 18.2 Å². The summed E-state index contributed by atoms with van der Waals surface area (Å²) in [5.41, 5.74) is 6.78. The van der Waals surface area contributed by atoms with Crippen LogP contribution in [0.5, 0.6) is 0 Å². The van der Waals surface area contributed by atoms with Crippen LogP contribution in [-0.2, 0) is 11.2 Å². The molecule has 88 valence electrons. The van der Waals surface area contributed by atoms with Crippen LogP contribution in [0.25, 0.3) is 0 Å². The molecule has 0 saturated carbocycles. The summed E-state index contributed by atoms with van der Waals surface area (Å²) in [6.45, 7) is 0.773. The van der Waals surface area contributed by atoms with E-state index in [0.717, 1.165) is 25.0 Å². The van der Waals surface area contributed by atoms with Crippen molar-refractivity contribution < 1.29 is 9.13 Å². The molecule has 2 rings (SSSR count). The second-order valence-corrected chi connectivity index (χ2v) is 4.56. The Bertz CT molecular complexity index is 366. The molecule has 1 aliphatic rings. The summed E-state index contributed by atoms with van der Waals surface area (Å²) in [4.78, 5) is 0. The van der Waals surface area contributed by atoms with Gasteiger partial charge in [0.2, 0.25) is 0 Å². The number of halogens is 2. The van der Waals surface area contributed by atoms with Gasteiger partial charge in [-0.2, -0.15) is 0 Å². The molecule has 0 bridgehead atoms. The highest BCUT2D eigenvalue weighted by atomic mass is 35.5. The Kier molecular flexibility index (Phi) is 3.79. The van der Waals surface area contributed by atoms with Crippen molar-refractivity contribution in [3.05, 3.63) is 34.6 Å². The maximum Gasteiger partial charge on any atom is 0.123 e. The molecule has 0 spiro atoms. The van der Waals surface area contributed by atoms with Gasteiger partial charge in [-0.05, 0) is 43.0 Å². The Morgan fingerprint density at radius 1 is 1.56 bits per heavy atom. The zero-order valence-corrected chi connectivity index (χ0v) is 9.71. The molecular weight excluding hydrogens is 229 g/mol. The van der Waals surface area contributed by atoms with E-state index in [1.165, 1.54) is 12.1 Å². The maximum atomic E-state index is 13.0. The molecule has 1 saturated heterocycles. The quantitative estimate of drug-likeness (QED) is 0.886. The number of rotatable bonds is 3. The molecule has 2 unspecified atom stereocenters. The highest BCUT2D eigenvalue weighted by Gasteiger charge is 2.23. The predicted octanol–water partition coefficient (Wildman–Crippen LogP) is 2.53. The third-order valence-electron chi connectivity index (χ3n) is 2.91. The molecule has 16 heavy (non-hydrogen) atoms. The predicted molar refractivity (Wildman–Crippen MR) is 62.1 cm³/mol. The van der Waals surface area contributed by atoms with E-state index in [1.54, 1.807) is 6.07 Å². The van der Waals surface area contributed by atoms with Gasteiger partial charge in [0.15, 0.2) is 0 Å². The summed E-state index contributed by atoms with van der Waals surface area (Å²) >= 11 is 5.98. The molecular formula is C12H15ClFNO. The molecule has 1 aliphatic heterocycles. The highest BCUT2D eigenvalue weighted by molar-refractivity contribution is 6.31. The second kappa shape index (κ2) is 5.13. The molecule has 1 aromatic carbocycles. The van der Waals surface area contributed by atoms with Crippen molar-refractivity contribution >= 4 is 11.6 Å². The number of ether oxygens (including phenoxy) is 1. The Morgan fingerprint density at radius 3 is 3.06 bits per heavy atom. The molecule has 0 amide bonds. The van der Waals surface area contributed by atoms with E-state index in [9.17, 15) is 4.39 Å². The van der Waals surface area contributed by atoms with Gasteiger partial charge in [-0.25, -0.2) is 4.39 Å². The lowest BCUT2D eigenvalue weighted by Gasteiger charge is -2.19. The normalized spacial score (nSPS) is 22.3. The maximum absolute atomic E-state index is 13.0. The summed E-state index contributed by atoms with van der Waals surface area (Å²) < 4.78 is 18.5. The number of benzene rings is 1. The first-order valence-corrected chi connectivity index (χ1v) is 5.86. The van der Waals surface area contributed by atoms with E-state index >= 15 is 0 Å². The molecule has 2 nitrogen and oxygen atoms in total. The molecule has 0 aliphatic carbocycles. The van der Waals surface area contributed by atoms with Gasteiger partial charge in [0.05, 0.1) is 6.10 Å². The van der Waals surface area contributed by atoms with Gasteiger partial charge in [-0.15, -0.1) is 0 Å². The minimum absolute atomic E-state index is 0.0827. The SMILES string of the molecule is NC(Cc1cc(F)ccc1Cl)C1CCCO1. The lowest BCUT2D eigenvalue weighted by Crippen LogP contribution is -2.36. The lowest BCUT2D eigenvalue weighted by molar-refractivity contribution is 0.0900. The number of hydrogen-bond donors (Lipinski definition) is 1. The summed E-state index contributed by atoms with van der Waals surface area (Å²) in [6, 6.07) is 4.25. The van der Waals surface area contributed by atoms with Gasteiger partial charge >= 0.3 is 0 Å². The van der Waals surface area contributed by atoms with E-state index in [2.05, 4.69) is 0 Å². The number of hydrogen-bond acceptors (Lipinski definition) is 2. The van der Waals surface area contributed by atoms with Crippen molar-refractivity contribution in [2.24, 2.45) is 5.73 Å². The van der Waals surface area contributed by atoms with Crippen LogP contribution in [0, 0.1) is 5.82 Å². The van der Waals surface area contributed by atoms with Crippen molar-refractivity contribution in [3.8, 4) is 0 Å². The van der Waals surface area contributed by atoms with Crippen molar-refractivity contribution in [2.75, 3.05) is 6.61 Å². The molecule has 2 atom stereocenters. The summed E-state index contributed by atoms with van der Waals surface area (Å²) in [5.74, 6) is -0.279. The van der Waals surface area contributed by atoms with Crippen LogP contribution < -0.4 is 5.73 Å². The van der Waals surface area contributed by atoms with Crippen molar-refractivity contribution in [3.63, 3.8) is 0 Å². The Balaban J connectivity index is 2.04. The van der Waals surface area contributed by atoms with Gasteiger partial charge < -0.3 is 10.5 Å². The van der Waals surface area contributed by atoms with Gasteiger partial charge in [-0.3, -0.25) is 0 Å². The van der Waals surface area contributed by atoms with Crippen LogP contribution in [0.1, 0.15) is 18.4 Å². The van der Waals surface area contributed by atoms with Crippen molar-refractivity contribution in [1.82, 2.24) is 0 Å². The van der Waals surface area contributed by atoms with Crippen molar-refractivity contribution in [2.45, 2.75) is 31.4 Å². The van der Waals surface area contributed by atoms with E-state index in [-0.39, 0.29) is 18.0 Å². The van der Waals surface area contributed by atoms with Gasteiger partial charge in [0.1, 0.15) is 5.82 Å². The van der Waals surface area contributed by atoms with Crippen LogP contribution in [0.3, 0.4) is 0 Å². The number of nitrogens with two attached hydrogens (primary N) is 1. The molecule has 2 N–H and O–H groups in total. The fourth-order valence-corrected chi connectivity index (χ4v) is 2.22. The van der Waals surface area contributed by atoms with Crippen LogP contribution in [0.2, 0.25) is 5.02 Å². The standard InChI is InChI=1S/C12H15ClFNO/c13-10-4-3-9(14)6-8(10)7-11(15)12-2-1-5-16-12/h3-4,6,11-12H,1-2,5,7,15H2. The van der Waals surface area contributed by atoms with E-state index < -0.39 is 0 Å². The fourth-order valence-electron chi connectivity index (χ4n) is 2.03. The molecule has 0 radical (unpaired) electrons. The Morgan fingerprint density at radius 2 is 2.38 bits per heavy atom. The zero-order valence-electron chi connectivity index (χ0n) is 8.96. The molecule has 1 heterocycles. The van der Waals surface area contributed by atoms with E-state index in [1.807, 2.05) is 0 Å². The summed E-state index contributed by atoms with van der Waals surface area (Å²) in [7, 11) is 0. The third-order valence-corrected chi connectivity index (χ3v) is 3.27. The summed E-state index contributed by atoms with van der Waals surface area (Å²) in [6.07, 6.45) is 2.67. The molecule has 1 fully saturated rings. The zero-order chi connectivity index (χ0) is 11.5. The third kappa shape index (κ3) is 2.73. The lowest BCUT2D eigenvalue weighted by atomic mass is 10.0. The first-order chi connectivity index (χ1) is 7.66. The van der Waals surface area contributed by atoms with Crippen LogP contribution >= 0.6 is 11.6 Å². The van der Waals surface area contributed by atoms with Gasteiger partial charge in [0, 0.05) is 17.7 Å². The van der Waals surface area contributed by atoms with E-state index in [0.29, 0.717) is 11.4 Å². The average molecular weight is 244 g/mol. The average Bonchev–Trinajstić information content (AvgIpc) is 2.76.